The molecule has 0 aromatic heterocycles. The van der Waals surface area contributed by atoms with E-state index < -0.39 is 0 Å². The van der Waals surface area contributed by atoms with Crippen LogP contribution in [0.15, 0.2) is 24.3 Å². The van der Waals surface area contributed by atoms with E-state index in [1.54, 1.807) is 0 Å². The van der Waals surface area contributed by atoms with Crippen LogP contribution in [0.25, 0.3) is 0 Å². The lowest BCUT2D eigenvalue weighted by Gasteiger charge is -2.43. The molecule has 2 aliphatic rings. The number of halogens is 1. The van der Waals surface area contributed by atoms with Crippen molar-refractivity contribution in [3.63, 3.8) is 0 Å². The SMILES string of the molecule is O=C1CN2CCNCC2CN1c1ccccc1Cl. The number of nitrogens with zero attached hydrogens (tertiary/aromatic N) is 2. The maximum atomic E-state index is 12.2. The average molecular weight is 266 g/mol. The summed E-state index contributed by atoms with van der Waals surface area (Å²) in [7, 11) is 0. The highest BCUT2D eigenvalue weighted by atomic mass is 35.5. The van der Waals surface area contributed by atoms with Gasteiger partial charge in [-0.2, -0.15) is 0 Å². The molecule has 0 radical (unpaired) electrons. The molecule has 0 aliphatic carbocycles. The number of fused-ring (bicyclic) bond motifs is 1. The Bertz CT molecular complexity index is 465. The van der Waals surface area contributed by atoms with Gasteiger partial charge in [-0.1, -0.05) is 23.7 Å². The molecule has 2 fully saturated rings. The standard InChI is InChI=1S/C13H16ClN3O/c14-11-3-1-2-4-12(11)17-8-10-7-15-5-6-16(10)9-13(17)18/h1-4,10,15H,5-9H2. The summed E-state index contributed by atoms with van der Waals surface area (Å²) in [6, 6.07) is 7.93. The summed E-state index contributed by atoms with van der Waals surface area (Å²) in [5, 5.41) is 4.01. The summed E-state index contributed by atoms with van der Waals surface area (Å²) in [4.78, 5) is 16.3. The highest BCUT2D eigenvalue weighted by Crippen LogP contribution is 2.28. The van der Waals surface area contributed by atoms with Crippen molar-refractivity contribution >= 4 is 23.2 Å². The van der Waals surface area contributed by atoms with Crippen LogP contribution in [0.1, 0.15) is 0 Å². The van der Waals surface area contributed by atoms with Gasteiger partial charge in [0, 0.05) is 32.2 Å². The van der Waals surface area contributed by atoms with E-state index in [9.17, 15) is 4.79 Å². The third-order valence-electron chi connectivity index (χ3n) is 3.65. The Morgan fingerprint density at radius 1 is 1.33 bits per heavy atom. The van der Waals surface area contributed by atoms with E-state index in [1.807, 2.05) is 29.2 Å². The molecule has 3 rings (SSSR count). The van der Waals surface area contributed by atoms with E-state index in [0.29, 0.717) is 17.6 Å². The topological polar surface area (TPSA) is 35.6 Å². The van der Waals surface area contributed by atoms with Gasteiger partial charge in [0.25, 0.3) is 0 Å². The summed E-state index contributed by atoms with van der Waals surface area (Å²) < 4.78 is 0. The number of carbonyl (C=O) groups is 1. The van der Waals surface area contributed by atoms with Crippen molar-refractivity contribution in [2.24, 2.45) is 0 Å². The molecule has 0 bridgehead atoms. The Hall–Kier alpha value is -1.10. The van der Waals surface area contributed by atoms with Crippen LogP contribution in [0.4, 0.5) is 5.69 Å². The minimum atomic E-state index is 0.140. The van der Waals surface area contributed by atoms with Gasteiger partial charge in [0.15, 0.2) is 0 Å². The number of anilines is 1. The van der Waals surface area contributed by atoms with Gasteiger partial charge < -0.3 is 10.2 Å². The lowest BCUT2D eigenvalue weighted by Crippen LogP contribution is -2.63. The third-order valence-corrected chi connectivity index (χ3v) is 3.97. The van der Waals surface area contributed by atoms with Gasteiger partial charge >= 0.3 is 0 Å². The summed E-state index contributed by atoms with van der Waals surface area (Å²) in [6.45, 7) is 4.07. The fourth-order valence-electron chi connectivity index (χ4n) is 2.67. The number of benzene rings is 1. The molecular formula is C13H16ClN3O. The predicted octanol–water partition coefficient (Wildman–Crippen LogP) is 0.960. The fraction of sp³-hybridized carbons (Fsp3) is 0.462. The molecule has 0 spiro atoms. The molecule has 1 unspecified atom stereocenters. The lowest BCUT2D eigenvalue weighted by molar-refractivity contribution is -0.122. The molecule has 5 heteroatoms. The number of piperazine rings is 2. The zero-order valence-corrected chi connectivity index (χ0v) is 10.9. The van der Waals surface area contributed by atoms with Crippen LogP contribution in [-0.2, 0) is 4.79 Å². The second-order valence-electron chi connectivity index (χ2n) is 4.78. The molecule has 1 aromatic carbocycles. The summed E-state index contributed by atoms with van der Waals surface area (Å²) in [5.74, 6) is 0.140. The van der Waals surface area contributed by atoms with Gasteiger partial charge in [-0.05, 0) is 12.1 Å². The maximum Gasteiger partial charge on any atom is 0.241 e. The molecule has 2 aliphatic heterocycles. The van der Waals surface area contributed by atoms with Crippen LogP contribution >= 0.6 is 11.6 Å². The van der Waals surface area contributed by atoms with Crippen molar-refractivity contribution in [3.05, 3.63) is 29.3 Å². The van der Waals surface area contributed by atoms with Crippen LogP contribution in [-0.4, -0.2) is 49.6 Å². The number of nitrogens with one attached hydrogen (secondary N) is 1. The number of hydrogen-bond acceptors (Lipinski definition) is 3. The smallest absolute Gasteiger partial charge is 0.241 e. The lowest BCUT2D eigenvalue weighted by atomic mass is 10.1. The van der Waals surface area contributed by atoms with Crippen molar-refractivity contribution in [2.75, 3.05) is 37.6 Å². The molecule has 96 valence electrons. The van der Waals surface area contributed by atoms with E-state index in [0.717, 1.165) is 31.9 Å². The highest BCUT2D eigenvalue weighted by molar-refractivity contribution is 6.33. The Kier molecular flexibility index (Phi) is 3.24. The van der Waals surface area contributed by atoms with Gasteiger partial charge in [-0.3, -0.25) is 9.69 Å². The first-order valence-electron chi connectivity index (χ1n) is 6.25. The molecule has 1 amide bonds. The molecule has 1 atom stereocenters. The number of amides is 1. The van der Waals surface area contributed by atoms with Gasteiger partial charge in [0.2, 0.25) is 5.91 Å². The first-order chi connectivity index (χ1) is 8.75. The molecule has 1 aromatic rings. The second kappa shape index (κ2) is 4.88. The van der Waals surface area contributed by atoms with Gasteiger partial charge in [-0.15, -0.1) is 0 Å². The number of hydrogen-bond donors (Lipinski definition) is 1. The third kappa shape index (κ3) is 2.11. The van der Waals surface area contributed by atoms with Crippen molar-refractivity contribution in [1.82, 2.24) is 10.2 Å². The summed E-state index contributed by atoms with van der Waals surface area (Å²) in [6.07, 6.45) is 0. The van der Waals surface area contributed by atoms with E-state index in [2.05, 4.69) is 10.2 Å². The largest absolute Gasteiger partial charge is 0.314 e. The second-order valence-corrected chi connectivity index (χ2v) is 5.19. The van der Waals surface area contributed by atoms with Crippen LogP contribution in [0.5, 0.6) is 0 Å². The number of para-hydroxylation sites is 1. The monoisotopic (exact) mass is 265 g/mol. The molecule has 18 heavy (non-hydrogen) atoms. The van der Waals surface area contributed by atoms with Crippen LogP contribution in [0.3, 0.4) is 0 Å². The molecular weight excluding hydrogens is 250 g/mol. The summed E-state index contributed by atoms with van der Waals surface area (Å²) in [5.41, 5.74) is 0.828. The normalized spacial score (nSPS) is 25.1. The van der Waals surface area contributed by atoms with E-state index in [1.165, 1.54) is 0 Å². The van der Waals surface area contributed by atoms with E-state index >= 15 is 0 Å². The minimum absolute atomic E-state index is 0.140. The van der Waals surface area contributed by atoms with E-state index in [4.69, 9.17) is 11.6 Å². The molecule has 4 nitrogen and oxygen atoms in total. The zero-order chi connectivity index (χ0) is 12.5. The number of rotatable bonds is 1. The molecule has 1 N–H and O–H groups in total. The van der Waals surface area contributed by atoms with Crippen molar-refractivity contribution < 1.29 is 4.79 Å². The van der Waals surface area contributed by atoms with Crippen LogP contribution in [0.2, 0.25) is 5.02 Å². The predicted molar refractivity (Wildman–Crippen MR) is 72.0 cm³/mol. The quantitative estimate of drug-likeness (QED) is 0.822. The Morgan fingerprint density at radius 2 is 2.17 bits per heavy atom. The molecule has 0 saturated carbocycles. The van der Waals surface area contributed by atoms with Gasteiger partial charge in [0.05, 0.1) is 17.3 Å². The van der Waals surface area contributed by atoms with E-state index in [-0.39, 0.29) is 5.91 Å². The average Bonchev–Trinajstić information content (AvgIpc) is 2.39. The van der Waals surface area contributed by atoms with Crippen molar-refractivity contribution in [1.29, 1.82) is 0 Å². The van der Waals surface area contributed by atoms with Crippen molar-refractivity contribution in [2.45, 2.75) is 6.04 Å². The maximum absolute atomic E-state index is 12.2. The number of carbonyl (C=O) groups excluding carboxylic acids is 1. The van der Waals surface area contributed by atoms with Gasteiger partial charge in [-0.25, -0.2) is 0 Å². The van der Waals surface area contributed by atoms with Crippen LogP contribution < -0.4 is 10.2 Å². The zero-order valence-electron chi connectivity index (χ0n) is 10.1. The first kappa shape index (κ1) is 12.0. The molecule has 2 heterocycles. The first-order valence-corrected chi connectivity index (χ1v) is 6.63. The Balaban J connectivity index is 1.85. The Labute approximate surface area is 112 Å². The summed E-state index contributed by atoms with van der Waals surface area (Å²) >= 11 is 6.17. The Morgan fingerprint density at radius 3 is 3.00 bits per heavy atom. The highest BCUT2D eigenvalue weighted by Gasteiger charge is 2.34. The fourth-order valence-corrected chi connectivity index (χ4v) is 2.90. The van der Waals surface area contributed by atoms with Crippen LogP contribution in [0, 0.1) is 0 Å². The van der Waals surface area contributed by atoms with Crippen molar-refractivity contribution in [3.8, 4) is 0 Å². The minimum Gasteiger partial charge on any atom is -0.314 e. The van der Waals surface area contributed by atoms with Gasteiger partial charge in [0.1, 0.15) is 0 Å². The molecule has 2 saturated heterocycles.